The van der Waals surface area contributed by atoms with Gasteiger partial charge in [0.1, 0.15) is 17.0 Å². The van der Waals surface area contributed by atoms with E-state index in [-0.39, 0.29) is 28.8 Å². The van der Waals surface area contributed by atoms with Gasteiger partial charge in [-0.2, -0.15) is 0 Å². The maximum atomic E-state index is 14.9. The maximum Gasteiger partial charge on any atom is 0.268 e. The van der Waals surface area contributed by atoms with E-state index < -0.39 is 17.3 Å². The Hall–Kier alpha value is -4.99. The zero-order chi connectivity index (χ0) is 27.8. The van der Waals surface area contributed by atoms with E-state index in [0.717, 1.165) is 37.4 Å². The molecule has 0 bridgehead atoms. The van der Waals surface area contributed by atoms with Crippen LogP contribution in [-0.4, -0.2) is 25.8 Å². The predicted molar refractivity (Wildman–Crippen MR) is 149 cm³/mol. The van der Waals surface area contributed by atoms with Crippen molar-refractivity contribution in [2.24, 2.45) is 5.92 Å². The number of fused-ring (bicyclic) bond motifs is 1. The predicted octanol–water partition coefficient (Wildman–Crippen LogP) is 5.53. The molecular weight excluding hydrogens is 513 g/mol. The highest BCUT2D eigenvalue weighted by Crippen LogP contribution is 2.31. The van der Waals surface area contributed by atoms with E-state index in [9.17, 15) is 18.8 Å². The number of carbonyl (C=O) groups excluding carboxylic acids is 2. The number of ether oxygens (including phenoxy) is 1. The summed E-state index contributed by atoms with van der Waals surface area (Å²) in [5, 5.41) is 5.40. The molecule has 0 unspecified atom stereocenters. The van der Waals surface area contributed by atoms with E-state index in [0.29, 0.717) is 22.9 Å². The van der Waals surface area contributed by atoms with Crippen LogP contribution in [0, 0.1) is 18.7 Å². The first kappa shape index (κ1) is 25.3. The quantitative estimate of drug-likeness (QED) is 0.321. The average Bonchev–Trinajstić information content (AvgIpc) is 3.71. The van der Waals surface area contributed by atoms with E-state index in [1.807, 2.05) is 18.2 Å². The third-order valence-corrected chi connectivity index (χ3v) is 6.80. The zero-order valence-electron chi connectivity index (χ0n) is 21.7. The first-order valence-electron chi connectivity index (χ1n) is 13.0. The van der Waals surface area contributed by atoms with Crippen LogP contribution >= 0.6 is 0 Å². The number of carbonyl (C=O) groups is 2. The summed E-state index contributed by atoms with van der Waals surface area (Å²) in [5.41, 5.74) is 1.72. The number of imidazole rings is 1. The van der Waals surface area contributed by atoms with Crippen LogP contribution in [0.3, 0.4) is 0 Å². The van der Waals surface area contributed by atoms with Gasteiger partial charge in [0, 0.05) is 29.1 Å². The molecule has 202 valence electrons. The van der Waals surface area contributed by atoms with Crippen molar-refractivity contribution in [3.05, 3.63) is 101 Å². The molecule has 9 nitrogen and oxygen atoms in total. The molecule has 3 heterocycles. The van der Waals surface area contributed by atoms with E-state index >= 15 is 0 Å². The molecule has 2 N–H and O–H groups in total. The number of nitrogens with one attached hydrogen (secondary N) is 2. The van der Waals surface area contributed by atoms with Gasteiger partial charge in [0.05, 0.1) is 12.4 Å². The molecular formula is C30H26FN5O4. The first-order valence-corrected chi connectivity index (χ1v) is 13.0. The number of hydrogen-bond acceptors (Lipinski definition) is 5. The Morgan fingerprint density at radius 2 is 1.90 bits per heavy atom. The summed E-state index contributed by atoms with van der Waals surface area (Å²) >= 11 is 0. The molecule has 3 aromatic heterocycles. The number of aryl methyl sites for hydroxylation is 1. The third kappa shape index (κ3) is 5.15. The number of hydrogen-bond donors (Lipinski definition) is 2. The number of halogens is 1. The highest BCUT2D eigenvalue weighted by atomic mass is 19.1. The highest BCUT2D eigenvalue weighted by Gasteiger charge is 2.30. The minimum absolute atomic E-state index is 0.0408. The summed E-state index contributed by atoms with van der Waals surface area (Å²) < 4.78 is 23.9. The Kier molecular flexibility index (Phi) is 6.51. The second-order valence-corrected chi connectivity index (χ2v) is 9.86. The van der Waals surface area contributed by atoms with Gasteiger partial charge in [-0.25, -0.2) is 9.37 Å². The van der Waals surface area contributed by atoms with Crippen molar-refractivity contribution >= 4 is 34.7 Å². The SMILES string of the molecule is Cc1ccc(C(=O)Nc2ccc(Oc3ccc4nc(NC(=O)C5CC5)cn4c3)c(F)c2)c(=O)n1C1=CCCC=C1. The second kappa shape index (κ2) is 10.3. The lowest BCUT2D eigenvalue weighted by atomic mass is 10.1. The number of rotatable bonds is 7. The number of allylic oxidation sites excluding steroid dienone is 4. The summed E-state index contributed by atoms with van der Waals surface area (Å²) in [6, 6.07) is 10.5. The van der Waals surface area contributed by atoms with Crippen LogP contribution in [0.5, 0.6) is 11.5 Å². The fraction of sp³-hybridized carbons (Fsp3) is 0.200. The van der Waals surface area contributed by atoms with E-state index in [1.165, 1.54) is 22.8 Å². The van der Waals surface area contributed by atoms with Crippen LogP contribution in [0.1, 0.15) is 41.7 Å². The Bertz CT molecular complexity index is 1780. The van der Waals surface area contributed by atoms with Crippen molar-refractivity contribution in [2.75, 3.05) is 10.6 Å². The number of aromatic nitrogens is 3. The summed E-state index contributed by atoms with van der Waals surface area (Å²) in [5.74, 6) is -0.567. The molecule has 1 fully saturated rings. The summed E-state index contributed by atoms with van der Waals surface area (Å²) in [6.07, 6.45) is 12.6. The normalized spacial score (nSPS) is 14.6. The van der Waals surface area contributed by atoms with Crippen LogP contribution in [0.15, 0.2) is 77.9 Å². The van der Waals surface area contributed by atoms with Gasteiger partial charge in [-0.1, -0.05) is 12.2 Å². The molecule has 40 heavy (non-hydrogen) atoms. The molecule has 0 radical (unpaired) electrons. The summed E-state index contributed by atoms with van der Waals surface area (Å²) in [4.78, 5) is 42.5. The van der Waals surface area contributed by atoms with Crippen molar-refractivity contribution in [3.8, 4) is 11.5 Å². The minimum Gasteiger partial charge on any atom is -0.453 e. The molecule has 4 aromatic rings. The number of amides is 2. The lowest BCUT2D eigenvalue weighted by molar-refractivity contribution is -0.117. The zero-order valence-corrected chi connectivity index (χ0v) is 21.7. The molecule has 1 aromatic carbocycles. The minimum atomic E-state index is -0.695. The first-order chi connectivity index (χ1) is 19.4. The molecule has 2 amide bonds. The third-order valence-electron chi connectivity index (χ3n) is 6.80. The lowest BCUT2D eigenvalue weighted by Gasteiger charge is -2.15. The molecule has 0 saturated heterocycles. The van der Waals surface area contributed by atoms with Gasteiger partial charge in [-0.15, -0.1) is 0 Å². The highest BCUT2D eigenvalue weighted by molar-refractivity contribution is 6.04. The van der Waals surface area contributed by atoms with Gasteiger partial charge < -0.3 is 19.8 Å². The standard InChI is InChI=1S/C30H26FN5O4/c1-18-7-12-23(30(39)36(18)21-5-3-2-4-6-21)29(38)32-20-10-13-25(24(31)15-20)40-22-11-14-27-33-26(17-35(27)16-22)34-28(37)19-8-9-19/h3,5-7,10-17,19H,2,4,8-9H2,1H3,(H,32,38)(H,34,37). The van der Waals surface area contributed by atoms with Crippen molar-refractivity contribution in [1.29, 1.82) is 0 Å². The molecule has 0 aliphatic heterocycles. The van der Waals surface area contributed by atoms with Crippen molar-refractivity contribution < 1.29 is 18.7 Å². The molecule has 10 heteroatoms. The molecule has 0 spiro atoms. The van der Waals surface area contributed by atoms with Gasteiger partial charge >= 0.3 is 0 Å². The Balaban J connectivity index is 1.16. The molecule has 1 saturated carbocycles. The Morgan fingerprint density at radius 3 is 2.65 bits per heavy atom. The van der Waals surface area contributed by atoms with Crippen LogP contribution in [0.25, 0.3) is 11.3 Å². The van der Waals surface area contributed by atoms with Gasteiger partial charge in [-0.05, 0) is 75.1 Å². The molecule has 2 aliphatic carbocycles. The largest absolute Gasteiger partial charge is 0.453 e. The topological polar surface area (TPSA) is 107 Å². The summed E-state index contributed by atoms with van der Waals surface area (Å²) in [6.45, 7) is 1.80. The van der Waals surface area contributed by atoms with Crippen LogP contribution < -0.4 is 20.9 Å². The number of benzene rings is 1. The van der Waals surface area contributed by atoms with Crippen LogP contribution in [0.2, 0.25) is 0 Å². The fourth-order valence-corrected chi connectivity index (χ4v) is 4.54. The summed E-state index contributed by atoms with van der Waals surface area (Å²) in [7, 11) is 0. The van der Waals surface area contributed by atoms with Crippen molar-refractivity contribution in [1.82, 2.24) is 14.0 Å². The molecule has 2 aliphatic rings. The van der Waals surface area contributed by atoms with E-state index in [4.69, 9.17) is 4.74 Å². The lowest BCUT2D eigenvalue weighted by Crippen LogP contribution is -2.30. The Morgan fingerprint density at radius 1 is 1.05 bits per heavy atom. The Labute approximate surface area is 228 Å². The molecule has 0 atom stereocenters. The van der Waals surface area contributed by atoms with Crippen LogP contribution in [-0.2, 0) is 4.79 Å². The van der Waals surface area contributed by atoms with Gasteiger partial charge in [0.25, 0.3) is 11.5 Å². The van der Waals surface area contributed by atoms with E-state index in [1.54, 1.807) is 41.9 Å². The van der Waals surface area contributed by atoms with Gasteiger partial charge in [0.15, 0.2) is 17.4 Å². The second-order valence-electron chi connectivity index (χ2n) is 9.86. The molecule has 6 rings (SSSR count). The monoisotopic (exact) mass is 539 g/mol. The maximum absolute atomic E-state index is 14.9. The smallest absolute Gasteiger partial charge is 0.268 e. The van der Waals surface area contributed by atoms with Crippen LogP contribution in [0.4, 0.5) is 15.9 Å². The van der Waals surface area contributed by atoms with Gasteiger partial charge in [-0.3, -0.25) is 19.0 Å². The van der Waals surface area contributed by atoms with E-state index in [2.05, 4.69) is 15.6 Å². The fourth-order valence-electron chi connectivity index (χ4n) is 4.54. The average molecular weight is 540 g/mol. The number of anilines is 2. The van der Waals surface area contributed by atoms with Crippen molar-refractivity contribution in [2.45, 2.75) is 32.6 Å². The number of pyridine rings is 2. The van der Waals surface area contributed by atoms with Gasteiger partial charge in [0.2, 0.25) is 5.91 Å². The number of nitrogens with zero attached hydrogens (tertiary/aromatic N) is 3. The van der Waals surface area contributed by atoms with Crippen molar-refractivity contribution in [3.63, 3.8) is 0 Å².